The van der Waals surface area contributed by atoms with Gasteiger partial charge in [-0.3, -0.25) is 4.31 Å². The van der Waals surface area contributed by atoms with E-state index < -0.39 is 10.0 Å². The van der Waals surface area contributed by atoms with Crippen molar-refractivity contribution in [2.45, 2.75) is 0 Å². The maximum Gasteiger partial charge on any atom is 0.231 e. The molecule has 0 aliphatic rings. The van der Waals surface area contributed by atoms with Crippen molar-refractivity contribution in [3.05, 3.63) is 35.2 Å². The number of hydrogen-bond donors (Lipinski definition) is 0. The van der Waals surface area contributed by atoms with Crippen LogP contribution in [0.1, 0.15) is 0 Å². The van der Waals surface area contributed by atoms with Crippen LogP contribution in [0.4, 0.5) is 5.69 Å². The molecule has 0 saturated carbocycles. The third-order valence-corrected chi connectivity index (χ3v) is 4.16. The number of hydrogen-bond acceptors (Lipinski definition) is 4. The summed E-state index contributed by atoms with van der Waals surface area (Å²) in [5.41, 5.74) is 5.21. The van der Waals surface area contributed by atoms with E-state index in [4.69, 9.17) is 0 Å². The van der Waals surface area contributed by atoms with Gasteiger partial charge in [0.2, 0.25) is 10.0 Å². The summed E-state index contributed by atoms with van der Waals surface area (Å²) in [7, 11) is -1.68. The van der Waals surface area contributed by atoms with Crippen molar-refractivity contribution in [1.29, 1.82) is 0 Å². The Bertz CT molecular complexity index is 589. The molecule has 0 N–H and O–H groups in total. The largest absolute Gasteiger partial charge is 0.274 e. The van der Waals surface area contributed by atoms with Gasteiger partial charge in [0.25, 0.3) is 0 Å². The van der Waals surface area contributed by atoms with E-state index >= 15 is 0 Å². The second-order valence-electron chi connectivity index (χ2n) is 3.60. The lowest BCUT2D eigenvalue weighted by Gasteiger charge is -2.16. The minimum absolute atomic E-state index is 0.635. The van der Waals surface area contributed by atoms with Gasteiger partial charge < -0.3 is 0 Å². The molecule has 1 radical (unpaired) electrons. The molecule has 17 heavy (non-hydrogen) atoms. The van der Waals surface area contributed by atoms with Crippen LogP contribution in [-0.4, -0.2) is 26.7 Å². The molecule has 1 aromatic carbocycles. The lowest BCUT2D eigenvalue weighted by molar-refractivity contribution is 0.600. The Hall–Kier alpha value is -1.40. The van der Waals surface area contributed by atoms with E-state index in [0.717, 1.165) is 11.3 Å². The molecule has 1 aromatic heterocycles. The minimum atomic E-state index is -3.21. The van der Waals surface area contributed by atoms with Gasteiger partial charge in [-0.05, 0) is 12.1 Å². The first-order valence-electron chi connectivity index (χ1n) is 4.84. The van der Waals surface area contributed by atoms with Gasteiger partial charge in [-0.1, -0.05) is 12.1 Å². The number of rotatable bonds is 3. The van der Waals surface area contributed by atoms with Gasteiger partial charge in [0.05, 0.1) is 17.6 Å². The predicted octanol–water partition coefficient (Wildman–Crippen LogP) is 2.01. The van der Waals surface area contributed by atoms with E-state index in [1.165, 1.54) is 28.9 Å². The number of aromatic nitrogens is 1. The van der Waals surface area contributed by atoms with Crippen LogP contribution in [0.25, 0.3) is 11.3 Å². The zero-order valence-corrected chi connectivity index (χ0v) is 11.0. The number of sulfonamides is 1. The first-order chi connectivity index (χ1) is 7.98. The van der Waals surface area contributed by atoms with Gasteiger partial charge in [-0.15, -0.1) is 11.3 Å². The molecule has 0 fully saturated rings. The zero-order valence-electron chi connectivity index (χ0n) is 9.41. The first kappa shape index (κ1) is 12.1. The Balaban J connectivity index is 2.31. The maximum atomic E-state index is 11.4. The molecule has 0 saturated heterocycles. The molecule has 2 rings (SSSR count). The summed E-state index contributed by atoms with van der Waals surface area (Å²) < 4.78 is 24.0. The third-order valence-electron chi connectivity index (χ3n) is 2.41. The van der Waals surface area contributed by atoms with Crippen LogP contribution in [0.5, 0.6) is 0 Å². The summed E-state index contributed by atoms with van der Waals surface area (Å²) in [4.78, 5) is 4.07. The van der Waals surface area contributed by atoms with Gasteiger partial charge in [-0.25, -0.2) is 13.4 Å². The summed E-state index contributed by atoms with van der Waals surface area (Å²) >= 11 is 1.41. The van der Waals surface area contributed by atoms with Crippen LogP contribution >= 0.6 is 11.3 Å². The van der Waals surface area contributed by atoms with Gasteiger partial charge in [0.1, 0.15) is 0 Å². The van der Waals surface area contributed by atoms with Gasteiger partial charge >= 0.3 is 0 Å². The van der Waals surface area contributed by atoms with Crippen LogP contribution in [0.2, 0.25) is 0 Å². The molecule has 0 amide bonds. The molecule has 0 aliphatic heterocycles. The van der Waals surface area contributed by atoms with Crippen molar-refractivity contribution in [2.75, 3.05) is 17.6 Å². The topological polar surface area (TPSA) is 50.3 Å². The highest BCUT2D eigenvalue weighted by molar-refractivity contribution is 7.92. The Morgan fingerprint density at radius 2 is 1.94 bits per heavy atom. The molecule has 0 spiro atoms. The van der Waals surface area contributed by atoms with Crippen molar-refractivity contribution in [3.63, 3.8) is 0 Å². The van der Waals surface area contributed by atoms with Crippen molar-refractivity contribution >= 4 is 27.0 Å². The van der Waals surface area contributed by atoms with Crippen molar-refractivity contribution in [2.24, 2.45) is 0 Å². The Kier molecular flexibility index (Phi) is 3.17. The number of nitrogens with zero attached hydrogens (tertiary/aromatic N) is 2. The van der Waals surface area contributed by atoms with E-state index in [-0.39, 0.29) is 0 Å². The molecule has 6 heteroatoms. The molecule has 0 bridgehead atoms. The Morgan fingerprint density at radius 1 is 1.29 bits per heavy atom. The second kappa shape index (κ2) is 4.46. The van der Waals surface area contributed by atoms with Crippen LogP contribution in [0.15, 0.2) is 29.6 Å². The highest BCUT2D eigenvalue weighted by Gasteiger charge is 2.11. The van der Waals surface area contributed by atoms with Crippen molar-refractivity contribution in [1.82, 2.24) is 4.98 Å². The number of benzene rings is 1. The average molecular weight is 267 g/mol. The number of thiazole rings is 1. The SMILES string of the molecule is CN(c1ccc(-c2cs[c]n2)cc1)S(C)(=O)=O. The van der Waals surface area contributed by atoms with Crippen LogP contribution in [0, 0.1) is 5.51 Å². The van der Waals surface area contributed by atoms with E-state index in [1.807, 2.05) is 17.5 Å². The molecule has 4 nitrogen and oxygen atoms in total. The van der Waals surface area contributed by atoms with E-state index in [0.29, 0.717) is 5.69 Å². The molecule has 0 unspecified atom stereocenters. The number of anilines is 1. The normalized spacial score (nSPS) is 11.4. The standard InChI is InChI=1S/C11H11N2O2S2/c1-13(17(2,14)15)10-5-3-9(4-6-10)11-7-16-8-12-11/h3-7H,1-2H3. The van der Waals surface area contributed by atoms with Crippen LogP contribution < -0.4 is 4.31 Å². The fourth-order valence-electron chi connectivity index (χ4n) is 1.35. The minimum Gasteiger partial charge on any atom is -0.274 e. The summed E-state index contributed by atoms with van der Waals surface area (Å²) in [5.74, 6) is 0. The highest BCUT2D eigenvalue weighted by Crippen LogP contribution is 2.23. The summed E-state index contributed by atoms with van der Waals surface area (Å²) in [6.45, 7) is 0. The molecular weight excluding hydrogens is 256 g/mol. The maximum absolute atomic E-state index is 11.4. The zero-order chi connectivity index (χ0) is 12.5. The molecule has 0 atom stereocenters. The van der Waals surface area contributed by atoms with E-state index in [1.54, 1.807) is 12.1 Å². The monoisotopic (exact) mass is 267 g/mol. The summed E-state index contributed by atoms with van der Waals surface area (Å²) in [6, 6.07) is 7.21. The molecular formula is C11H11N2O2S2. The van der Waals surface area contributed by atoms with Gasteiger partial charge in [0.15, 0.2) is 5.51 Å². The molecule has 1 heterocycles. The quantitative estimate of drug-likeness (QED) is 0.854. The van der Waals surface area contributed by atoms with Crippen LogP contribution in [-0.2, 0) is 10.0 Å². The molecule has 89 valence electrons. The molecule has 0 aliphatic carbocycles. The molecule has 2 aromatic rings. The Labute approximate surface area is 105 Å². The Morgan fingerprint density at radius 3 is 2.41 bits per heavy atom. The van der Waals surface area contributed by atoms with Gasteiger partial charge in [-0.2, -0.15) is 0 Å². The fourth-order valence-corrected chi connectivity index (χ4v) is 2.36. The highest BCUT2D eigenvalue weighted by atomic mass is 32.2. The van der Waals surface area contributed by atoms with Gasteiger partial charge in [0, 0.05) is 18.0 Å². The fraction of sp³-hybridized carbons (Fsp3) is 0.182. The van der Waals surface area contributed by atoms with E-state index in [9.17, 15) is 8.42 Å². The smallest absolute Gasteiger partial charge is 0.231 e. The summed E-state index contributed by atoms with van der Waals surface area (Å²) in [5, 5.41) is 1.90. The predicted molar refractivity (Wildman–Crippen MR) is 69.6 cm³/mol. The first-order valence-corrected chi connectivity index (χ1v) is 7.57. The third kappa shape index (κ3) is 2.65. The lowest BCUT2D eigenvalue weighted by Crippen LogP contribution is -2.24. The lowest BCUT2D eigenvalue weighted by atomic mass is 10.1. The summed E-state index contributed by atoms with van der Waals surface area (Å²) in [6.07, 6.45) is 1.18. The average Bonchev–Trinajstić information content (AvgIpc) is 2.80. The van der Waals surface area contributed by atoms with Crippen molar-refractivity contribution < 1.29 is 8.42 Å². The van der Waals surface area contributed by atoms with Crippen LogP contribution in [0.3, 0.4) is 0 Å². The van der Waals surface area contributed by atoms with E-state index in [2.05, 4.69) is 10.5 Å². The van der Waals surface area contributed by atoms with Crippen molar-refractivity contribution in [3.8, 4) is 11.3 Å². The second-order valence-corrected chi connectivity index (χ2v) is 6.27.